The first-order valence-electron chi connectivity index (χ1n) is 9.29. The summed E-state index contributed by atoms with van der Waals surface area (Å²) < 4.78 is 5.63. The van der Waals surface area contributed by atoms with Crippen molar-refractivity contribution in [1.82, 2.24) is 15.2 Å². The van der Waals surface area contributed by atoms with Crippen LogP contribution in [-0.2, 0) is 0 Å². The van der Waals surface area contributed by atoms with Crippen molar-refractivity contribution in [2.75, 3.05) is 19.6 Å². The summed E-state index contributed by atoms with van der Waals surface area (Å²) in [5.74, 6) is 0.838. The Morgan fingerprint density at radius 3 is 2.85 bits per heavy atom. The first-order valence-corrected chi connectivity index (χ1v) is 10.2. The van der Waals surface area contributed by atoms with Crippen LogP contribution >= 0.6 is 11.3 Å². The molecule has 1 unspecified atom stereocenters. The molecule has 1 saturated heterocycles. The van der Waals surface area contributed by atoms with Gasteiger partial charge in [0.1, 0.15) is 10.8 Å². The SMILES string of the molecule is Cc1csc(-c2cccc(C(=O)NCC(c3ccco3)N3CCCC3)c2)n1. The number of amides is 1. The van der Waals surface area contributed by atoms with Gasteiger partial charge in [0.15, 0.2) is 0 Å². The molecule has 0 radical (unpaired) electrons. The molecule has 3 heterocycles. The molecule has 1 aromatic carbocycles. The van der Waals surface area contributed by atoms with Gasteiger partial charge in [-0.05, 0) is 57.1 Å². The number of hydrogen-bond acceptors (Lipinski definition) is 5. The smallest absolute Gasteiger partial charge is 0.251 e. The molecule has 0 spiro atoms. The topological polar surface area (TPSA) is 58.4 Å². The van der Waals surface area contributed by atoms with Crippen LogP contribution in [-0.4, -0.2) is 35.4 Å². The van der Waals surface area contributed by atoms with Crippen molar-refractivity contribution in [3.8, 4) is 10.6 Å². The zero-order valence-electron chi connectivity index (χ0n) is 15.4. The summed E-state index contributed by atoms with van der Waals surface area (Å²) in [6.07, 6.45) is 4.08. The van der Waals surface area contributed by atoms with Gasteiger partial charge >= 0.3 is 0 Å². The number of rotatable bonds is 6. The van der Waals surface area contributed by atoms with Crippen LogP contribution in [0.5, 0.6) is 0 Å². The molecule has 6 heteroatoms. The zero-order valence-corrected chi connectivity index (χ0v) is 16.2. The molecule has 1 atom stereocenters. The van der Waals surface area contributed by atoms with Crippen LogP contribution in [0.2, 0.25) is 0 Å². The third kappa shape index (κ3) is 4.12. The second-order valence-electron chi connectivity index (χ2n) is 6.86. The van der Waals surface area contributed by atoms with Crippen molar-refractivity contribution in [2.24, 2.45) is 0 Å². The monoisotopic (exact) mass is 381 g/mol. The van der Waals surface area contributed by atoms with Crippen molar-refractivity contribution < 1.29 is 9.21 Å². The molecule has 5 nitrogen and oxygen atoms in total. The molecule has 1 amide bonds. The number of aromatic nitrogens is 1. The number of carbonyl (C=O) groups excluding carboxylic acids is 1. The molecule has 0 aliphatic carbocycles. The van der Waals surface area contributed by atoms with Crippen LogP contribution in [0.3, 0.4) is 0 Å². The molecule has 1 fully saturated rings. The lowest BCUT2D eigenvalue weighted by atomic mass is 10.1. The molecule has 1 aliphatic heterocycles. The number of hydrogen-bond donors (Lipinski definition) is 1. The number of nitrogens with zero attached hydrogens (tertiary/aromatic N) is 2. The van der Waals surface area contributed by atoms with Gasteiger partial charge in [0, 0.05) is 28.7 Å². The standard InChI is InChI=1S/C21H23N3O2S/c1-15-14-27-21(23-15)17-7-4-6-16(12-17)20(25)22-13-18(19-8-5-11-26-19)24-9-2-3-10-24/h4-8,11-12,14,18H,2-3,9-10,13H2,1H3,(H,22,25). The third-order valence-corrected chi connectivity index (χ3v) is 5.91. The third-order valence-electron chi connectivity index (χ3n) is 4.90. The van der Waals surface area contributed by atoms with E-state index in [1.165, 1.54) is 12.8 Å². The van der Waals surface area contributed by atoms with E-state index in [0.29, 0.717) is 12.1 Å². The molecule has 1 N–H and O–H groups in total. The highest BCUT2D eigenvalue weighted by atomic mass is 32.1. The highest BCUT2D eigenvalue weighted by Crippen LogP contribution is 2.26. The van der Waals surface area contributed by atoms with Crippen molar-refractivity contribution >= 4 is 17.2 Å². The summed E-state index contributed by atoms with van der Waals surface area (Å²) in [6.45, 7) is 4.59. The van der Waals surface area contributed by atoms with Crippen LogP contribution in [0.1, 0.15) is 40.7 Å². The normalized spacial score (nSPS) is 15.7. The van der Waals surface area contributed by atoms with Crippen LogP contribution < -0.4 is 5.32 Å². The predicted octanol–water partition coefficient (Wildman–Crippen LogP) is 4.28. The fourth-order valence-corrected chi connectivity index (χ4v) is 4.31. The minimum absolute atomic E-state index is 0.0686. The Bertz CT molecular complexity index is 898. The predicted molar refractivity (Wildman–Crippen MR) is 107 cm³/mol. The van der Waals surface area contributed by atoms with Gasteiger partial charge in [-0.1, -0.05) is 12.1 Å². The maximum atomic E-state index is 12.7. The summed E-state index contributed by atoms with van der Waals surface area (Å²) in [5, 5.41) is 6.05. The number of thiazole rings is 1. The lowest BCUT2D eigenvalue weighted by Gasteiger charge is -2.26. The maximum absolute atomic E-state index is 12.7. The van der Waals surface area contributed by atoms with Crippen LogP contribution in [0.25, 0.3) is 10.6 Å². The molecule has 0 bridgehead atoms. The van der Waals surface area contributed by atoms with Gasteiger partial charge in [-0.25, -0.2) is 4.98 Å². The average molecular weight is 382 g/mol. The molecule has 0 saturated carbocycles. The second kappa shape index (κ2) is 8.06. The number of nitrogens with one attached hydrogen (secondary N) is 1. The molecule has 140 valence electrons. The van der Waals surface area contributed by atoms with Crippen molar-refractivity contribution in [1.29, 1.82) is 0 Å². The Morgan fingerprint density at radius 2 is 2.15 bits per heavy atom. The Kier molecular flexibility index (Phi) is 5.36. The number of benzene rings is 1. The summed E-state index contributed by atoms with van der Waals surface area (Å²) in [5.41, 5.74) is 2.62. The van der Waals surface area contributed by atoms with Crippen LogP contribution in [0.15, 0.2) is 52.5 Å². The van der Waals surface area contributed by atoms with E-state index < -0.39 is 0 Å². The largest absolute Gasteiger partial charge is 0.468 e. The molecule has 1 aliphatic rings. The second-order valence-corrected chi connectivity index (χ2v) is 7.72. The van der Waals surface area contributed by atoms with E-state index in [0.717, 1.165) is 35.1 Å². The Morgan fingerprint density at radius 1 is 1.30 bits per heavy atom. The Hall–Kier alpha value is -2.44. The highest BCUT2D eigenvalue weighted by molar-refractivity contribution is 7.13. The van der Waals surface area contributed by atoms with Gasteiger partial charge in [-0.15, -0.1) is 11.3 Å². The summed E-state index contributed by atoms with van der Waals surface area (Å²) in [4.78, 5) is 19.6. The van der Waals surface area contributed by atoms with Crippen molar-refractivity contribution in [3.63, 3.8) is 0 Å². The minimum Gasteiger partial charge on any atom is -0.468 e. The minimum atomic E-state index is -0.0686. The van der Waals surface area contributed by atoms with E-state index in [9.17, 15) is 4.79 Å². The molecule has 4 rings (SSSR count). The highest BCUT2D eigenvalue weighted by Gasteiger charge is 2.26. The van der Waals surface area contributed by atoms with E-state index in [1.54, 1.807) is 17.6 Å². The number of likely N-dealkylation sites (tertiary alicyclic amines) is 1. The number of aryl methyl sites for hydroxylation is 1. The first kappa shape index (κ1) is 17.9. The molecule has 2 aromatic heterocycles. The fourth-order valence-electron chi connectivity index (χ4n) is 3.52. The van der Waals surface area contributed by atoms with Gasteiger partial charge < -0.3 is 9.73 Å². The molecular weight excluding hydrogens is 358 g/mol. The van der Waals surface area contributed by atoms with Crippen molar-refractivity contribution in [2.45, 2.75) is 25.8 Å². The Labute approximate surface area is 163 Å². The zero-order chi connectivity index (χ0) is 18.6. The van der Waals surface area contributed by atoms with Gasteiger partial charge in [0.05, 0.1) is 12.3 Å². The number of furan rings is 1. The molecular formula is C21H23N3O2S. The fraction of sp³-hybridized carbons (Fsp3) is 0.333. The van der Waals surface area contributed by atoms with E-state index >= 15 is 0 Å². The Balaban J connectivity index is 1.46. The van der Waals surface area contributed by atoms with E-state index in [1.807, 2.05) is 48.7 Å². The van der Waals surface area contributed by atoms with E-state index in [-0.39, 0.29) is 11.9 Å². The molecule has 3 aromatic rings. The summed E-state index contributed by atoms with van der Waals surface area (Å²) in [6, 6.07) is 11.6. The quantitative estimate of drug-likeness (QED) is 0.692. The maximum Gasteiger partial charge on any atom is 0.251 e. The van der Waals surface area contributed by atoms with Crippen molar-refractivity contribution in [3.05, 3.63) is 65.1 Å². The summed E-state index contributed by atoms with van der Waals surface area (Å²) >= 11 is 1.59. The van der Waals surface area contributed by atoms with Gasteiger partial charge in [0.2, 0.25) is 0 Å². The van der Waals surface area contributed by atoms with E-state index in [2.05, 4.69) is 15.2 Å². The van der Waals surface area contributed by atoms with Gasteiger partial charge in [-0.3, -0.25) is 9.69 Å². The van der Waals surface area contributed by atoms with Gasteiger partial charge in [-0.2, -0.15) is 0 Å². The average Bonchev–Trinajstić information content (AvgIpc) is 3.45. The van der Waals surface area contributed by atoms with E-state index in [4.69, 9.17) is 4.42 Å². The summed E-state index contributed by atoms with van der Waals surface area (Å²) in [7, 11) is 0. The lowest BCUT2D eigenvalue weighted by Crippen LogP contribution is -2.36. The lowest BCUT2D eigenvalue weighted by molar-refractivity contribution is 0.0934. The van der Waals surface area contributed by atoms with Crippen LogP contribution in [0, 0.1) is 6.92 Å². The van der Waals surface area contributed by atoms with Gasteiger partial charge in [0.25, 0.3) is 5.91 Å². The number of carbonyl (C=O) groups is 1. The van der Waals surface area contributed by atoms with Crippen LogP contribution in [0.4, 0.5) is 0 Å². The molecule has 27 heavy (non-hydrogen) atoms. The first-order chi connectivity index (χ1) is 13.2.